The maximum atomic E-state index is 4.37. The molecule has 0 aliphatic rings. The normalized spacial score (nSPS) is 12.7. The number of hydrogen-bond donors (Lipinski definition) is 1. The van der Waals surface area contributed by atoms with Gasteiger partial charge < -0.3 is 5.32 Å². The molecule has 0 fully saturated rings. The Morgan fingerprint density at radius 2 is 2.10 bits per heavy atom. The van der Waals surface area contributed by atoms with Gasteiger partial charge in [0.25, 0.3) is 0 Å². The maximum Gasteiger partial charge on any atom is 0.0804 e. The lowest BCUT2D eigenvalue weighted by Gasteiger charge is -2.17. The van der Waals surface area contributed by atoms with Crippen LogP contribution in [-0.4, -0.2) is 21.6 Å². The second-order valence-electron chi connectivity index (χ2n) is 4.61. The van der Waals surface area contributed by atoms with Gasteiger partial charge in [-0.1, -0.05) is 35.7 Å². The van der Waals surface area contributed by atoms with Crippen molar-refractivity contribution in [3.63, 3.8) is 0 Å². The van der Waals surface area contributed by atoms with Gasteiger partial charge in [0.1, 0.15) is 0 Å². The molecule has 1 unspecified atom stereocenters. The third-order valence-corrected chi connectivity index (χ3v) is 4.31. The number of aromatic nitrogens is 3. The van der Waals surface area contributed by atoms with E-state index in [1.165, 1.54) is 27.4 Å². The Morgan fingerprint density at radius 3 is 2.90 bits per heavy atom. The lowest BCUT2D eigenvalue weighted by Crippen LogP contribution is -2.18. The first-order valence-corrected chi connectivity index (χ1v) is 7.43. The molecule has 0 aliphatic carbocycles. The Balaban J connectivity index is 2.17. The van der Waals surface area contributed by atoms with E-state index in [0.29, 0.717) is 0 Å². The smallest absolute Gasteiger partial charge is 0.0804 e. The van der Waals surface area contributed by atoms with Gasteiger partial charge >= 0.3 is 0 Å². The number of nitrogens with zero attached hydrogens (tertiary/aromatic N) is 3. The Bertz CT molecular complexity index is 717. The van der Waals surface area contributed by atoms with Gasteiger partial charge in [-0.3, -0.25) is 4.98 Å². The molecular weight excluding hydrogens is 268 g/mol. The monoisotopic (exact) mass is 284 g/mol. The predicted octanol–water partition coefficient (Wildman–Crippen LogP) is 2.96. The summed E-state index contributed by atoms with van der Waals surface area (Å²) in [4.78, 5) is 5.55. The highest BCUT2D eigenvalue weighted by molar-refractivity contribution is 7.05. The highest BCUT2D eigenvalue weighted by Gasteiger charge is 2.20. The minimum absolute atomic E-state index is 0.0866. The molecule has 102 valence electrons. The molecule has 1 aromatic carbocycles. The van der Waals surface area contributed by atoms with Crippen LogP contribution in [0.4, 0.5) is 0 Å². The van der Waals surface area contributed by atoms with Crippen molar-refractivity contribution >= 4 is 22.3 Å². The van der Waals surface area contributed by atoms with E-state index in [-0.39, 0.29) is 6.04 Å². The number of fused-ring (bicyclic) bond motifs is 1. The van der Waals surface area contributed by atoms with E-state index < -0.39 is 0 Å². The third-order valence-electron chi connectivity index (χ3n) is 3.48. The SMILES string of the molecule is CCc1nnsc1C(NC)c1cncc2ccccc12. The Hall–Kier alpha value is -1.85. The van der Waals surface area contributed by atoms with Crippen molar-refractivity contribution in [2.24, 2.45) is 0 Å². The first-order chi connectivity index (χ1) is 9.85. The van der Waals surface area contributed by atoms with Crippen LogP contribution in [0.25, 0.3) is 10.8 Å². The minimum atomic E-state index is 0.0866. The average Bonchev–Trinajstić information content (AvgIpc) is 2.97. The molecule has 2 aromatic heterocycles. The number of rotatable bonds is 4. The molecule has 4 nitrogen and oxygen atoms in total. The van der Waals surface area contributed by atoms with Gasteiger partial charge in [0.2, 0.25) is 0 Å². The largest absolute Gasteiger partial charge is 0.308 e. The van der Waals surface area contributed by atoms with Crippen LogP contribution in [0.1, 0.15) is 29.1 Å². The molecule has 5 heteroatoms. The van der Waals surface area contributed by atoms with Crippen molar-refractivity contribution < 1.29 is 0 Å². The van der Waals surface area contributed by atoms with E-state index in [9.17, 15) is 0 Å². The van der Waals surface area contributed by atoms with Gasteiger partial charge in [-0.2, -0.15) is 0 Å². The number of hydrogen-bond acceptors (Lipinski definition) is 5. The lowest BCUT2D eigenvalue weighted by molar-refractivity contribution is 0.695. The summed E-state index contributed by atoms with van der Waals surface area (Å²) in [6, 6.07) is 8.41. The number of nitrogens with one attached hydrogen (secondary N) is 1. The summed E-state index contributed by atoms with van der Waals surface area (Å²) in [5.74, 6) is 0. The van der Waals surface area contributed by atoms with Crippen molar-refractivity contribution in [3.05, 3.63) is 52.8 Å². The molecular formula is C15H16N4S. The van der Waals surface area contributed by atoms with Crippen molar-refractivity contribution in [2.45, 2.75) is 19.4 Å². The first-order valence-electron chi connectivity index (χ1n) is 6.66. The first kappa shape index (κ1) is 13.1. The van der Waals surface area contributed by atoms with Gasteiger partial charge in [-0.15, -0.1) is 5.10 Å². The van der Waals surface area contributed by atoms with Gasteiger partial charge in [-0.05, 0) is 30.4 Å². The summed E-state index contributed by atoms with van der Waals surface area (Å²) in [5.41, 5.74) is 2.23. The average molecular weight is 284 g/mol. The number of benzene rings is 1. The molecule has 0 amide bonds. The van der Waals surface area contributed by atoms with Gasteiger partial charge in [0.05, 0.1) is 16.6 Å². The van der Waals surface area contributed by atoms with E-state index >= 15 is 0 Å². The van der Waals surface area contributed by atoms with Gasteiger partial charge in [-0.25, -0.2) is 0 Å². The van der Waals surface area contributed by atoms with E-state index in [0.717, 1.165) is 17.5 Å². The van der Waals surface area contributed by atoms with Crippen LogP contribution < -0.4 is 5.32 Å². The van der Waals surface area contributed by atoms with Crippen molar-refractivity contribution in [1.29, 1.82) is 0 Å². The van der Waals surface area contributed by atoms with Crippen LogP contribution >= 0.6 is 11.5 Å². The molecule has 1 N–H and O–H groups in total. The maximum absolute atomic E-state index is 4.37. The molecule has 0 bridgehead atoms. The molecule has 0 radical (unpaired) electrons. The summed E-state index contributed by atoms with van der Waals surface area (Å²) in [6.07, 6.45) is 4.72. The molecule has 0 saturated heterocycles. The molecule has 3 aromatic rings. The Labute approximate surface area is 122 Å². The second-order valence-corrected chi connectivity index (χ2v) is 5.39. The van der Waals surface area contributed by atoms with Crippen LogP contribution in [0, 0.1) is 0 Å². The van der Waals surface area contributed by atoms with E-state index in [2.05, 4.69) is 45.0 Å². The van der Waals surface area contributed by atoms with Crippen LogP contribution in [0.5, 0.6) is 0 Å². The topological polar surface area (TPSA) is 50.7 Å². The van der Waals surface area contributed by atoms with E-state index in [1.54, 1.807) is 0 Å². The second kappa shape index (κ2) is 5.64. The Morgan fingerprint density at radius 1 is 1.25 bits per heavy atom. The summed E-state index contributed by atoms with van der Waals surface area (Å²) in [6.45, 7) is 2.11. The third kappa shape index (κ3) is 2.19. The molecule has 0 aliphatic heterocycles. The highest BCUT2D eigenvalue weighted by Crippen LogP contribution is 2.31. The molecule has 2 heterocycles. The van der Waals surface area contributed by atoms with E-state index in [1.807, 2.05) is 25.5 Å². The molecule has 0 spiro atoms. The molecule has 3 rings (SSSR count). The Kier molecular flexibility index (Phi) is 3.71. The zero-order valence-electron chi connectivity index (χ0n) is 11.5. The number of aryl methyl sites for hydroxylation is 1. The molecule has 20 heavy (non-hydrogen) atoms. The fraction of sp³-hybridized carbons (Fsp3) is 0.267. The zero-order valence-corrected chi connectivity index (χ0v) is 12.3. The minimum Gasteiger partial charge on any atom is -0.308 e. The summed E-state index contributed by atoms with van der Waals surface area (Å²) in [7, 11) is 1.96. The lowest BCUT2D eigenvalue weighted by atomic mass is 9.99. The quantitative estimate of drug-likeness (QED) is 0.800. The van der Waals surface area contributed by atoms with Crippen LogP contribution in [0.2, 0.25) is 0 Å². The van der Waals surface area contributed by atoms with Crippen molar-refractivity contribution in [3.8, 4) is 0 Å². The zero-order chi connectivity index (χ0) is 13.9. The predicted molar refractivity (Wildman–Crippen MR) is 81.9 cm³/mol. The van der Waals surface area contributed by atoms with E-state index in [4.69, 9.17) is 0 Å². The van der Waals surface area contributed by atoms with Gasteiger partial charge in [0.15, 0.2) is 0 Å². The van der Waals surface area contributed by atoms with Crippen molar-refractivity contribution in [2.75, 3.05) is 7.05 Å². The fourth-order valence-corrected chi connectivity index (χ4v) is 3.35. The van der Waals surface area contributed by atoms with Crippen molar-refractivity contribution in [1.82, 2.24) is 19.9 Å². The summed E-state index contributed by atoms with van der Waals surface area (Å²) in [5, 5.41) is 9.97. The van der Waals surface area contributed by atoms with Crippen LogP contribution in [0.15, 0.2) is 36.7 Å². The summed E-state index contributed by atoms with van der Waals surface area (Å²) < 4.78 is 4.10. The molecule has 1 atom stereocenters. The van der Waals surface area contributed by atoms with Gasteiger partial charge in [0, 0.05) is 23.3 Å². The standard InChI is InChI=1S/C15H16N4S/c1-3-13-15(20-19-18-13)14(16-2)12-9-17-8-10-6-4-5-7-11(10)12/h4-9,14,16H,3H2,1-2H3. The fourth-order valence-electron chi connectivity index (χ4n) is 2.48. The highest BCUT2D eigenvalue weighted by atomic mass is 32.1. The molecule has 0 saturated carbocycles. The summed E-state index contributed by atoms with van der Waals surface area (Å²) >= 11 is 1.46. The van der Waals surface area contributed by atoms with Crippen LogP contribution in [0.3, 0.4) is 0 Å². The van der Waals surface area contributed by atoms with Crippen LogP contribution in [-0.2, 0) is 6.42 Å². The number of pyridine rings is 1.